The van der Waals surface area contributed by atoms with E-state index in [0.29, 0.717) is 22.5 Å². The summed E-state index contributed by atoms with van der Waals surface area (Å²) in [6.07, 6.45) is 1.80. The number of aryl methyl sites for hydroxylation is 1. The number of fused-ring (bicyclic) bond motifs is 1. The zero-order chi connectivity index (χ0) is 13.4. The van der Waals surface area contributed by atoms with Crippen LogP contribution in [0.4, 0.5) is 5.82 Å². The van der Waals surface area contributed by atoms with E-state index in [0.717, 1.165) is 10.9 Å². The summed E-state index contributed by atoms with van der Waals surface area (Å²) in [7, 11) is 1.88. The zero-order valence-electron chi connectivity index (χ0n) is 10.2. The van der Waals surface area contributed by atoms with Gasteiger partial charge in [0.1, 0.15) is 11.6 Å². The van der Waals surface area contributed by atoms with Gasteiger partial charge in [0.25, 0.3) is 0 Å². The highest BCUT2D eigenvalue weighted by molar-refractivity contribution is 6.30. The molecule has 0 amide bonds. The second kappa shape index (κ2) is 4.44. The van der Waals surface area contributed by atoms with Crippen molar-refractivity contribution < 1.29 is 4.74 Å². The molecule has 0 radical (unpaired) electrons. The Morgan fingerprint density at radius 2 is 2.11 bits per heavy atom. The van der Waals surface area contributed by atoms with E-state index in [9.17, 15) is 0 Å². The summed E-state index contributed by atoms with van der Waals surface area (Å²) in [6, 6.07) is 8.86. The van der Waals surface area contributed by atoms with Crippen molar-refractivity contribution in [2.75, 3.05) is 5.73 Å². The summed E-state index contributed by atoms with van der Waals surface area (Å²) in [5.41, 5.74) is 6.60. The fourth-order valence-corrected chi connectivity index (χ4v) is 2.06. The van der Waals surface area contributed by atoms with Crippen LogP contribution < -0.4 is 10.5 Å². The van der Waals surface area contributed by atoms with Crippen molar-refractivity contribution in [1.82, 2.24) is 14.8 Å². The molecule has 0 unspecified atom stereocenters. The molecule has 2 N–H and O–H groups in total. The van der Waals surface area contributed by atoms with Crippen molar-refractivity contribution in [3.05, 3.63) is 41.6 Å². The summed E-state index contributed by atoms with van der Waals surface area (Å²) in [5.74, 6) is 1.35. The Bertz CT molecular complexity index is 733. The van der Waals surface area contributed by atoms with Gasteiger partial charge >= 0.3 is 0 Å². The fourth-order valence-electron chi connectivity index (χ4n) is 1.85. The molecule has 0 saturated carbocycles. The van der Waals surface area contributed by atoms with Crippen LogP contribution in [0.5, 0.6) is 11.6 Å². The minimum Gasteiger partial charge on any atom is -0.439 e. The fraction of sp³-hybridized carbons (Fsp3) is 0.0769. The summed E-state index contributed by atoms with van der Waals surface area (Å²) in [4.78, 5) is 4.07. The highest BCUT2D eigenvalue weighted by Crippen LogP contribution is 2.26. The van der Waals surface area contributed by atoms with Crippen molar-refractivity contribution in [3.8, 4) is 11.6 Å². The SMILES string of the molecule is Cn1ncc2ccc(Oc3cc(Cl)cc(N)n3)cc21. The van der Waals surface area contributed by atoms with Gasteiger partial charge in [-0.2, -0.15) is 10.1 Å². The summed E-state index contributed by atoms with van der Waals surface area (Å²) in [5, 5.41) is 5.72. The third-order valence-electron chi connectivity index (χ3n) is 2.73. The van der Waals surface area contributed by atoms with Crippen molar-refractivity contribution in [3.63, 3.8) is 0 Å². The first-order chi connectivity index (χ1) is 9.11. The minimum absolute atomic E-state index is 0.323. The molecule has 0 aliphatic heterocycles. The third-order valence-corrected chi connectivity index (χ3v) is 2.95. The molecule has 2 aromatic heterocycles. The van der Waals surface area contributed by atoms with E-state index in [1.54, 1.807) is 23.0 Å². The predicted molar refractivity (Wildman–Crippen MR) is 74.4 cm³/mol. The summed E-state index contributed by atoms with van der Waals surface area (Å²) in [6.45, 7) is 0. The van der Waals surface area contributed by atoms with E-state index in [1.165, 1.54) is 0 Å². The Morgan fingerprint density at radius 1 is 1.26 bits per heavy atom. The lowest BCUT2D eigenvalue weighted by molar-refractivity contribution is 0.464. The molecule has 3 rings (SSSR count). The molecule has 0 atom stereocenters. The molecular weight excluding hydrogens is 264 g/mol. The monoisotopic (exact) mass is 274 g/mol. The van der Waals surface area contributed by atoms with Crippen molar-refractivity contribution in [2.45, 2.75) is 0 Å². The molecule has 0 saturated heterocycles. The van der Waals surface area contributed by atoms with Crippen molar-refractivity contribution in [1.29, 1.82) is 0 Å². The first-order valence-corrected chi connectivity index (χ1v) is 6.02. The van der Waals surface area contributed by atoms with Gasteiger partial charge in [0, 0.05) is 29.6 Å². The number of pyridine rings is 1. The van der Waals surface area contributed by atoms with E-state index >= 15 is 0 Å². The first kappa shape index (κ1) is 11.8. The molecule has 0 aliphatic rings. The van der Waals surface area contributed by atoms with Gasteiger partial charge in [-0.15, -0.1) is 0 Å². The smallest absolute Gasteiger partial charge is 0.222 e. The number of nitrogens with two attached hydrogens (primary N) is 1. The van der Waals surface area contributed by atoms with Crippen LogP contribution in [0.3, 0.4) is 0 Å². The Morgan fingerprint density at radius 3 is 2.89 bits per heavy atom. The number of rotatable bonds is 2. The number of halogens is 1. The Hall–Kier alpha value is -2.27. The van der Waals surface area contributed by atoms with Crippen LogP contribution in [-0.4, -0.2) is 14.8 Å². The number of benzene rings is 1. The summed E-state index contributed by atoms with van der Waals surface area (Å²) >= 11 is 5.91. The Kier molecular flexibility index (Phi) is 2.76. The lowest BCUT2D eigenvalue weighted by Crippen LogP contribution is -1.94. The molecule has 5 nitrogen and oxygen atoms in total. The largest absolute Gasteiger partial charge is 0.439 e. The van der Waals surface area contributed by atoms with Crippen LogP contribution in [0.1, 0.15) is 0 Å². The Balaban J connectivity index is 1.98. The van der Waals surface area contributed by atoms with Crippen LogP contribution in [0.15, 0.2) is 36.5 Å². The van der Waals surface area contributed by atoms with Gasteiger partial charge in [-0.05, 0) is 18.2 Å². The van der Waals surface area contributed by atoms with Gasteiger partial charge in [-0.3, -0.25) is 4.68 Å². The van der Waals surface area contributed by atoms with E-state index in [2.05, 4.69) is 10.1 Å². The number of nitrogens with zero attached hydrogens (tertiary/aromatic N) is 3. The quantitative estimate of drug-likeness (QED) is 0.780. The minimum atomic E-state index is 0.323. The van der Waals surface area contributed by atoms with Gasteiger partial charge in [0.05, 0.1) is 11.7 Å². The highest BCUT2D eigenvalue weighted by Gasteiger charge is 2.05. The Labute approximate surface area is 114 Å². The van der Waals surface area contributed by atoms with Crippen LogP contribution >= 0.6 is 11.6 Å². The maximum absolute atomic E-state index is 5.91. The highest BCUT2D eigenvalue weighted by atomic mass is 35.5. The normalized spacial score (nSPS) is 10.8. The molecule has 0 bridgehead atoms. The van der Waals surface area contributed by atoms with Crippen LogP contribution in [0.2, 0.25) is 5.02 Å². The maximum Gasteiger partial charge on any atom is 0.222 e. The lowest BCUT2D eigenvalue weighted by atomic mass is 10.2. The average Bonchev–Trinajstić information content (AvgIpc) is 2.70. The number of aromatic nitrogens is 3. The molecule has 0 aliphatic carbocycles. The number of hydrogen-bond donors (Lipinski definition) is 1. The van der Waals surface area contributed by atoms with Gasteiger partial charge in [-0.1, -0.05) is 11.6 Å². The van der Waals surface area contributed by atoms with E-state index in [4.69, 9.17) is 22.1 Å². The third kappa shape index (κ3) is 2.32. The molecule has 6 heteroatoms. The van der Waals surface area contributed by atoms with Gasteiger partial charge in [0.2, 0.25) is 5.88 Å². The zero-order valence-corrected chi connectivity index (χ0v) is 10.9. The maximum atomic E-state index is 5.91. The van der Waals surface area contributed by atoms with Gasteiger partial charge in [0.15, 0.2) is 0 Å². The molecular formula is C13H11ClN4O. The number of anilines is 1. The molecule has 2 heterocycles. The molecule has 96 valence electrons. The summed E-state index contributed by atoms with van der Waals surface area (Å²) < 4.78 is 7.44. The molecule has 0 fully saturated rings. The van der Waals surface area contributed by atoms with E-state index < -0.39 is 0 Å². The standard InChI is InChI=1S/C13H11ClN4O/c1-18-11-6-10(3-2-8(11)7-16-18)19-13-5-9(14)4-12(15)17-13/h2-7H,1H3,(H2,15,17). The van der Waals surface area contributed by atoms with Crippen molar-refractivity contribution >= 4 is 28.3 Å². The van der Waals surface area contributed by atoms with Crippen LogP contribution in [-0.2, 0) is 7.05 Å². The number of ether oxygens (including phenoxy) is 1. The predicted octanol–water partition coefficient (Wildman–Crippen LogP) is 3.00. The molecule has 0 spiro atoms. The number of nitrogen functional groups attached to an aromatic ring is 1. The van der Waals surface area contributed by atoms with E-state index in [1.807, 2.05) is 25.2 Å². The topological polar surface area (TPSA) is 66.0 Å². The second-order valence-corrected chi connectivity index (χ2v) is 4.58. The van der Waals surface area contributed by atoms with Gasteiger partial charge in [-0.25, -0.2) is 0 Å². The molecule has 3 aromatic rings. The van der Waals surface area contributed by atoms with Crippen LogP contribution in [0.25, 0.3) is 10.9 Å². The average molecular weight is 275 g/mol. The van der Waals surface area contributed by atoms with Crippen molar-refractivity contribution in [2.24, 2.45) is 7.05 Å². The first-order valence-electron chi connectivity index (χ1n) is 5.64. The number of hydrogen-bond acceptors (Lipinski definition) is 4. The lowest BCUT2D eigenvalue weighted by Gasteiger charge is -2.06. The molecule has 1 aromatic carbocycles. The van der Waals surface area contributed by atoms with Gasteiger partial charge < -0.3 is 10.5 Å². The molecule has 19 heavy (non-hydrogen) atoms. The van der Waals surface area contributed by atoms with E-state index in [-0.39, 0.29) is 0 Å². The van der Waals surface area contributed by atoms with Crippen LogP contribution in [0, 0.1) is 0 Å². The second-order valence-electron chi connectivity index (χ2n) is 4.14.